The molecule has 0 atom stereocenters. The predicted molar refractivity (Wildman–Crippen MR) is 99.1 cm³/mol. The van der Waals surface area contributed by atoms with Gasteiger partial charge in [0.15, 0.2) is 5.96 Å². The third-order valence-electron chi connectivity index (χ3n) is 3.83. The molecule has 0 fully saturated rings. The van der Waals surface area contributed by atoms with Crippen LogP contribution in [-0.2, 0) is 11.2 Å². The third kappa shape index (κ3) is 8.02. The van der Waals surface area contributed by atoms with Crippen molar-refractivity contribution in [3.05, 3.63) is 22.4 Å². The number of aliphatic imine (C=N–C) groups is 1. The number of nitrogens with zero attached hydrogens (tertiary/aromatic N) is 2. The van der Waals surface area contributed by atoms with E-state index in [1.807, 2.05) is 0 Å². The maximum atomic E-state index is 11.7. The first-order valence-corrected chi connectivity index (χ1v) is 9.19. The van der Waals surface area contributed by atoms with Crippen LogP contribution in [0.3, 0.4) is 0 Å². The summed E-state index contributed by atoms with van der Waals surface area (Å²) in [5.74, 6) is 1.36. The van der Waals surface area contributed by atoms with Crippen LogP contribution in [0.5, 0.6) is 0 Å². The number of nitrogens with one attached hydrogen (secondary N) is 2. The molecule has 1 aromatic rings. The van der Waals surface area contributed by atoms with E-state index in [2.05, 4.69) is 47.0 Å². The number of thiophene rings is 1. The maximum absolute atomic E-state index is 11.7. The lowest BCUT2D eigenvalue weighted by Gasteiger charge is -2.17. The van der Waals surface area contributed by atoms with Crippen molar-refractivity contribution in [1.29, 1.82) is 0 Å². The van der Waals surface area contributed by atoms with Crippen molar-refractivity contribution in [2.75, 3.05) is 33.7 Å². The molecular weight excluding hydrogens is 308 g/mol. The zero-order valence-electron chi connectivity index (χ0n) is 14.8. The van der Waals surface area contributed by atoms with Crippen molar-refractivity contribution in [3.63, 3.8) is 0 Å². The summed E-state index contributed by atoms with van der Waals surface area (Å²) in [7, 11) is 3.50. The molecule has 0 saturated carbocycles. The van der Waals surface area contributed by atoms with Crippen LogP contribution < -0.4 is 10.6 Å². The Bertz CT molecular complexity index is 467. The second-order valence-corrected chi connectivity index (χ2v) is 6.80. The molecule has 0 aromatic carbocycles. The lowest BCUT2D eigenvalue weighted by molar-refractivity contribution is -0.127. The number of likely N-dealkylation sites (N-methyl/N-ethyl adjacent to an activating group) is 1. The number of amides is 1. The monoisotopic (exact) mass is 338 g/mol. The second kappa shape index (κ2) is 11.0. The van der Waals surface area contributed by atoms with Crippen molar-refractivity contribution in [3.8, 4) is 0 Å². The zero-order chi connectivity index (χ0) is 17.1. The average molecular weight is 339 g/mol. The Morgan fingerprint density at radius 2 is 2.04 bits per heavy atom. The molecule has 0 saturated heterocycles. The van der Waals surface area contributed by atoms with Crippen molar-refractivity contribution in [2.45, 2.75) is 33.1 Å². The van der Waals surface area contributed by atoms with Gasteiger partial charge in [0, 0.05) is 32.1 Å². The van der Waals surface area contributed by atoms with Gasteiger partial charge in [-0.3, -0.25) is 4.79 Å². The van der Waals surface area contributed by atoms with Gasteiger partial charge >= 0.3 is 0 Å². The van der Waals surface area contributed by atoms with E-state index >= 15 is 0 Å². The SMILES string of the molecule is CCC(CC)CNC(=NCC(=O)N(C)C)NCCc1cccs1. The van der Waals surface area contributed by atoms with Crippen LogP contribution in [-0.4, -0.2) is 50.5 Å². The van der Waals surface area contributed by atoms with Crippen LogP contribution in [0, 0.1) is 5.92 Å². The van der Waals surface area contributed by atoms with E-state index in [1.54, 1.807) is 30.3 Å². The summed E-state index contributed by atoms with van der Waals surface area (Å²) in [5.41, 5.74) is 0. The quantitative estimate of drug-likeness (QED) is 0.537. The Balaban J connectivity index is 2.52. The van der Waals surface area contributed by atoms with Gasteiger partial charge in [0.25, 0.3) is 0 Å². The van der Waals surface area contributed by atoms with Crippen LogP contribution in [0.4, 0.5) is 0 Å². The molecule has 0 bridgehead atoms. The summed E-state index contributed by atoms with van der Waals surface area (Å²) in [6, 6.07) is 4.20. The number of carbonyl (C=O) groups excluding carboxylic acids is 1. The van der Waals surface area contributed by atoms with E-state index in [1.165, 1.54) is 4.88 Å². The number of guanidine groups is 1. The lowest BCUT2D eigenvalue weighted by atomic mass is 10.0. The first kappa shape index (κ1) is 19.5. The Morgan fingerprint density at radius 1 is 1.30 bits per heavy atom. The molecule has 130 valence electrons. The van der Waals surface area contributed by atoms with E-state index in [-0.39, 0.29) is 12.5 Å². The Kier molecular flexibility index (Phi) is 9.36. The molecule has 1 heterocycles. The van der Waals surface area contributed by atoms with Gasteiger partial charge in [-0.15, -0.1) is 11.3 Å². The van der Waals surface area contributed by atoms with E-state index < -0.39 is 0 Å². The first-order chi connectivity index (χ1) is 11.1. The minimum atomic E-state index is 0.00638. The number of hydrogen-bond donors (Lipinski definition) is 2. The van der Waals surface area contributed by atoms with Crippen LogP contribution in [0.1, 0.15) is 31.6 Å². The van der Waals surface area contributed by atoms with Crippen molar-refractivity contribution >= 4 is 23.2 Å². The molecule has 0 unspecified atom stereocenters. The van der Waals surface area contributed by atoms with E-state index in [0.717, 1.165) is 38.3 Å². The fourth-order valence-electron chi connectivity index (χ4n) is 2.04. The molecule has 2 N–H and O–H groups in total. The molecule has 0 aliphatic heterocycles. The fourth-order valence-corrected chi connectivity index (χ4v) is 2.75. The first-order valence-electron chi connectivity index (χ1n) is 8.31. The zero-order valence-corrected chi connectivity index (χ0v) is 15.6. The summed E-state index contributed by atoms with van der Waals surface area (Å²) in [4.78, 5) is 19.0. The van der Waals surface area contributed by atoms with Gasteiger partial charge < -0.3 is 15.5 Å². The van der Waals surface area contributed by atoms with Gasteiger partial charge in [0.05, 0.1) is 0 Å². The molecule has 1 rings (SSSR count). The molecule has 0 aliphatic rings. The maximum Gasteiger partial charge on any atom is 0.243 e. The highest BCUT2D eigenvalue weighted by molar-refractivity contribution is 7.09. The molecule has 1 aromatic heterocycles. The summed E-state index contributed by atoms with van der Waals surface area (Å²) >= 11 is 1.76. The highest BCUT2D eigenvalue weighted by Gasteiger charge is 2.07. The normalized spacial score (nSPS) is 11.6. The van der Waals surface area contributed by atoms with Gasteiger partial charge in [-0.25, -0.2) is 4.99 Å². The standard InChI is InChI=1S/C17H30N4OS/c1-5-14(6-2)12-19-17(20-13-16(22)21(3)4)18-10-9-15-8-7-11-23-15/h7-8,11,14H,5-6,9-10,12-13H2,1-4H3,(H2,18,19,20). The molecule has 0 radical (unpaired) electrons. The highest BCUT2D eigenvalue weighted by atomic mass is 32.1. The third-order valence-corrected chi connectivity index (χ3v) is 4.76. The second-order valence-electron chi connectivity index (χ2n) is 5.77. The Labute approximate surface area is 144 Å². The minimum absolute atomic E-state index is 0.00638. The summed E-state index contributed by atoms with van der Waals surface area (Å²) in [5, 5.41) is 8.79. The van der Waals surface area contributed by atoms with Crippen molar-refractivity contribution in [1.82, 2.24) is 15.5 Å². The molecule has 23 heavy (non-hydrogen) atoms. The van der Waals surface area contributed by atoms with Crippen LogP contribution >= 0.6 is 11.3 Å². The molecule has 6 heteroatoms. The Morgan fingerprint density at radius 3 is 2.61 bits per heavy atom. The average Bonchev–Trinajstić information content (AvgIpc) is 3.05. The number of hydrogen-bond acceptors (Lipinski definition) is 3. The van der Waals surface area contributed by atoms with Gasteiger partial charge in [-0.1, -0.05) is 32.8 Å². The molecule has 0 spiro atoms. The Hall–Kier alpha value is -1.56. The van der Waals surface area contributed by atoms with Crippen LogP contribution in [0.25, 0.3) is 0 Å². The summed E-state index contributed by atoms with van der Waals surface area (Å²) in [6.07, 6.45) is 3.25. The van der Waals surface area contributed by atoms with Crippen molar-refractivity contribution < 1.29 is 4.79 Å². The van der Waals surface area contributed by atoms with Crippen LogP contribution in [0.15, 0.2) is 22.5 Å². The number of rotatable bonds is 9. The molecule has 0 aliphatic carbocycles. The summed E-state index contributed by atoms with van der Waals surface area (Å²) < 4.78 is 0. The van der Waals surface area contributed by atoms with Crippen LogP contribution in [0.2, 0.25) is 0 Å². The molecular formula is C17H30N4OS. The van der Waals surface area contributed by atoms with Crippen molar-refractivity contribution in [2.24, 2.45) is 10.9 Å². The van der Waals surface area contributed by atoms with E-state index in [9.17, 15) is 4.79 Å². The van der Waals surface area contributed by atoms with E-state index in [0.29, 0.717) is 5.92 Å². The predicted octanol–water partition coefficient (Wildman–Crippen LogP) is 2.35. The highest BCUT2D eigenvalue weighted by Crippen LogP contribution is 2.08. The molecule has 1 amide bonds. The topological polar surface area (TPSA) is 56.7 Å². The fraction of sp³-hybridized carbons (Fsp3) is 0.647. The van der Waals surface area contributed by atoms with Gasteiger partial charge in [-0.2, -0.15) is 0 Å². The van der Waals surface area contributed by atoms with Gasteiger partial charge in [0.2, 0.25) is 5.91 Å². The van der Waals surface area contributed by atoms with Gasteiger partial charge in [-0.05, 0) is 23.8 Å². The lowest BCUT2D eigenvalue weighted by Crippen LogP contribution is -2.41. The number of carbonyl (C=O) groups is 1. The molecule has 5 nitrogen and oxygen atoms in total. The van der Waals surface area contributed by atoms with E-state index in [4.69, 9.17) is 0 Å². The summed E-state index contributed by atoms with van der Waals surface area (Å²) in [6.45, 7) is 6.27. The smallest absolute Gasteiger partial charge is 0.243 e. The van der Waals surface area contributed by atoms with Gasteiger partial charge in [0.1, 0.15) is 6.54 Å². The minimum Gasteiger partial charge on any atom is -0.356 e. The largest absolute Gasteiger partial charge is 0.356 e.